The summed E-state index contributed by atoms with van der Waals surface area (Å²) in [4.78, 5) is 46.7. The van der Waals surface area contributed by atoms with Crippen LogP contribution in [-0.4, -0.2) is 57.6 Å². The highest BCUT2D eigenvalue weighted by molar-refractivity contribution is 14.1. The average molecular weight is 510 g/mol. The number of carbonyl (C=O) groups excluding carboxylic acids is 2. The van der Waals surface area contributed by atoms with E-state index in [1.807, 2.05) is 32.0 Å². The van der Waals surface area contributed by atoms with Gasteiger partial charge in [-0.05, 0) is 45.7 Å². The fraction of sp³-hybridized carbons (Fsp3) is 0.529. The van der Waals surface area contributed by atoms with Crippen LogP contribution < -0.4 is 0 Å². The van der Waals surface area contributed by atoms with Gasteiger partial charge in [0.15, 0.2) is 0 Å². The van der Waals surface area contributed by atoms with E-state index in [1.54, 1.807) is 0 Å². The Balaban J connectivity index is 2.39. The van der Waals surface area contributed by atoms with Crippen LogP contribution in [0.15, 0.2) is 18.2 Å². The molecule has 150 valence electrons. The Morgan fingerprint density at radius 3 is 2.63 bits per heavy atom. The zero-order valence-corrected chi connectivity index (χ0v) is 18.5. The van der Waals surface area contributed by atoms with E-state index in [0.29, 0.717) is 6.42 Å². The van der Waals surface area contributed by atoms with Gasteiger partial charge in [0.2, 0.25) is 0 Å². The fourth-order valence-electron chi connectivity index (χ4n) is 3.17. The van der Waals surface area contributed by atoms with E-state index >= 15 is 0 Å². The maximum atomic E-state index is 13.1. The van der Waals surface area contributed by atoms with Gasteiger partial charge in [0.05, 0.1) is 7.11 Å². The molecule has 0 aromatic heterocycles. The number of fused-ring (bicyclic) bond motifs is 1. The van der Waals surface area contributed by atoms with Crippen LogP contribution in [-0.2, 0) is 27.1 Å². The predicted molar refractivity (Wildman–Crippen MR) is 108 cm³/mol. The molecule has 0 spiro atoms. The Bertz CT molecular complexity index is 766. The third-order valence-corrected chi connectivity index (χ3v) is 5.98. The van der Waals surface area contributed by atoms with Crippen LogP contribution in [0.2, 0.25) is 0 Å². The van der Waals surface area contributed by atoms with Gasteiger partial charge >= 0.3 is 19.6 Å². The zero-order chi connectivity index (χ0) is 20.4. The van der Waals surface area contributed by atoms with Crippen LogP contribution in [0.25, 0.3) is 0 Å². The maximum Gasteiger partial charge on any atom is 0.344 e. The van der Waals surface area contributed by atoms with Gasteiger partial charge in [-0.25, -0.2) is 9.59 Å². The molecule has 1 unspecified atom stereocenters. The van der Waals surface area contributed by atoms with Crippen molar-refractivity contribution in [3.05, 3.63) is 32.9 Å². The predicted octanol–water partition coefficient (Wildman–Crippen LogP) is 2.40. The maximum absolute atomic E-state index is 13.1. The number of methoxy groups -OCH3 is 1. The monoisotopic (exact) mass is 510 g/mol. The first-order chi connectivity index (χ1) is 12.5. The molecule has 0 bridgehead atoms. The van der Waals surface area contributed by atoms with Crippen molar-refractivity contribution in [1.29, 1.82) is 0 Å². The molecule has 0 aliphatic carbocycles. The van der Waals surface area contributed by atoms with Crippen molar-refractivity contribution >= 4 is 42.2 Å². The number of carbonyl (C=O) groups is 2. The number of amides is 2. The Morgan fingerprint density at radius 1 is 1.41 bits per heavy atom. The summed E-state index contributed by atoms with van der Waals surface area (Å²) >= 11 is 2.19. The van der Waals surface area contributed by atoms with Gasteiger partial charge in [-0.1, -0.05) is 26.0 Å². The molecule has 0 saturated heterocycles. The highest BCUT2D eigenvalue weighted by atomic mass is 127. The molecule has 1 aromatic carbocycles. The van der Waals surface area contributed by atoms with E-state index in [0.717, 1.165) is 19.6 Å². The molecular formula is C17H24IN2O6P. The summed E-state index contributed by atoms with van der Waals surface area (Å²) in [6, 6.07) is 4.29. The lowest BCUT2D eigenvalue weighted by Gasteiger charge is -2.39. The molecule has 10 heteroatoms. The smallest absolute Gasteiger partial charge is 0.344 e. The van der Waals surface area contributed by atoms with Gasteiger partial charge in [0.1, 0.15) is 12.3 Å². The van der Waals surface area contributed by atoms with Crippen molar-refractivity contribution in [2.24, 2.45) is 5.92 Å². The standard InChI is InChI=1S/C17H24IN2O6P/c1-11(2)8-19(10-27(23,24)25)17(22)20-9-12-5-4-6-14(18)13(12)7-15(20)16(21)26-3/h4-6,11,15H,7-10H2,1-3H3,(H2,23,24,25). The summed E-state index contributed by atoms with van der Waals surface area (Å²) in [6.07, 6.45) is -0.383. The number of urea groups is 1. The van der Waals surface area contributed by atoms with Gasteiger partial charge in [-0.2, -0.15) is 0 Å². The molecule has 27 heavy (non-hydrogen) atoms. The normalized spacial score (nSPS) is 16.9. The largest absolute Gasteiger partial charge is 0.467 e. The van der Waals surface area contributed by atoms with Crippen LogP contribution in [0.1, 0.15) is 25.0 Å². The van der Waals surface area contributed by atoms with E-state index in [1.165, 1.54) is 12.0 Å². The Kier molecular flexibility index (Phi) is 7.29. The van der Waals surface area contributed by atoms with E-state index in [2.05, 4.69) is 22.6 Å². The average Bonchev–Trinajstić information content (AvgIpc) is 2.57. The SMILES string of the molecule is COC(=O)C1Cc2c(I)cccc2CN1C(=O)N(CC(C)C)CP(=O)(O)O. The minimum absolute atomic E-state index is 0.00935. The van der Waals surface area contributed by atoms with Crippen molar-refractivity contribution < 1.29 is 28.7 Å². The van der Waals surface area contributed by atoms with E-state index < -0.39 is 31.9 Å². The van der Waals surface area contributed by atoms with E-state index in [-0.39, 0.29) is 19.0 Å². The number of rotatable bonds is 5. The quantitative estimate of drug-likeness (QED) is 0.358. The molecule has 2 rings (SSSR count). The van der Waals surface area contributed by atoms with Crippen molar-refractivity contribution in [3.63, 3.8) is 0 Å². The first-order valence-corrected chi connectivity index (χ1v) is 11.3. The van der Waals surface area contributed by atoms with Crippen LogP contribution in [0.5, 0.6) is 0 Å². The topological polar surface area (TPSA) is 107 Å². The summed E-state index contributed by atoms with van der Waals surface area (Å²) in [6.45, 7) is 4.06. The van der Waals surface area contributed by atoms with E-state index in [4.69, 9.17) is 4.74 Å². The minimum atomic E-state index is -4.45. The first-order valence-electron chi connectivity index (χ1n) is 8.47. The molecule has 1 atom stereocenters. The summed E-state index contributed by atoms with van der Waals surface area (Å²) in [7, 11) is -3.18. The van der Waals surface area contributed by atoms with Crippen molar-refractivity contribution in [1.82, 2.24) is 9.80 Å². The van der Waals surface area contributed by atoms with Crippen molar-refractivity contribution in [2.75, 3.05) is 19.9 Å². The fourth-order valence-corrected chi connectivity index (χ4v) is 4.62. The molecule has 1 heterocycles. The highest BCUT2D eigenvalue weighted by Gasteiger charge is 2.39. The zero-order valence-electron chi connectivity index (χ0n) is 15.5. The number of hydrogen-bond donors (Lipinski definition) is 2. The number of hydrogen-bond acceptors (Lipinski definition) is 4. The number of nitrogens with zero attached hydrogens (tertiary/aromatic N) is 2. The van der Waals surface area contributed by atoms with E-state index in [9.17, 15) is 23.9 Å². The van der Waals surface area contributed by atoms with Crippen LogP contribution >= 0.6 is 30.2 Å². The van der Waals surface area contributed by atoms with Crippen molar-refractivity contribution in [2.45, 2.75) is 32.9 Å². The summed E-state index contributed by atoms with van der Waals surface area (Å²) in [5, 5.41) is 0. The van der Waals surface area contributed by atoms with Gasteiger partial charge < -0.3 is 24.3 Å². The van der Waals surface area contributed by atoms with Crippen LogP contribution in [0.4, 0.5) is 4.79 Å². The second-order valence-corrected chi connectivity index (χ2v) is 9.73. The Labute approximate surface area is 172 Å². The molecule has 1 aliphatic rings. The molecule has 2 N–H and O–H groups in total. The number of esters is 1. The molecule has 2 amide bonds. The van der Waals surface area contributed by atoms with Crippen LogP contribution in [0.3, 0.4) is 0 Å². The lowest BCUT2D eigenvalue weighted by atomic mass is 9.94. The number of benzene rings is 1. The first kappa shape index (κ1) is 22.1. The molecule has 0 radical (unpaired) electrons. The van der Waals surface area contributed by atoms with Gasteiger partial charge in [0, 0.05) is 23.1 Å². The Morgan fingerprint density at radius 2 is 2.07 bits per heavy atom. The lowest BCUT2D eigenvalue weighted by Crippen LogP contribution is -2.54. The highest BCUT2D eigenvalue weighted by Crippen LogP contribution is 2.36. The summed E-state index contributed by atoms with van der Waals surface area (Å²) < 4.78 is 17.4. The third kappa shape index (κ3) is 5.66. The molecule has 0 saturated carbocycles. The summed E-state index contributed by atoms with van der Waals surface area (Å²) in [5.74, 6) is -0.538. The third-order valence-electron chi connectivity index (χ3n) is 4.26. The number of halogens is 1. The second kappa shape index (κ2) is 8.89. The molecule has 1 aliphatic heterocycles. The molecular weight excluding hydrogens is 486 g/mol. The second-order valence-electron chi connectivity index (χ2n) is 6.95. The summed E-state index contributed by atoms with van der Waals surface area (Å²) in [5.41, 5.74) is 1.90. The number of ether oxygens (including phenoxy) is 1. The molecule has 8 nitrogen and oxygen atoms in total. The van der Waals surface area contributed by atoms with Crippen molar-refractivity contribution in [3.8, 4) is 0 Å². The molecule has 0 fully saturated rings. The minimum Gasteiger partial charge on any atom is -0.467 e. The van der Waals surface area contributed by atoms with Crippen LogP contribution in [0, 0.1) is 9.49 Å². The Hall–Kier alpha value is -1.16. The van der Waals surface area contributed by atoms with Gasteiger partial charge in [-0.15, -0.1) is 0 Å². The van der Waals surface area contributed by atoms with Gasteiger partial charge in [0.25, 0.3) is 0 Å². The lowest BCUT2D eigenvalue weighted by molar-refractivity contribution is -0.146. The van der Waals surface area contributed by atoms with Gasteiger partial charge in [-0.3, -0.25) is 4.57 Å². The molecule has 1 aromatic rings.